The number of hydrogen-bond acceptors (Lipinski definition) is 2. The number of benzene rings is 1. The highest BCUT2D eigenvalue weighted by Gasteiger charge is 2.15. The minimum Gasteiger partial charge on any atom is -0.264 e. The summed E-state index contributed by atoms with van der Waals surface area (Å²) in [6.45, 7) is 0. The third-order valence-electron chi connectivity index (χ3n) is 3.02. The average Bonchev–Trinajstić information content (AvgIpc) is 2.51. The summed E-state index contributed by atoms with van der Waals surface area (Å²) < 4.78 is 15.2. The monoisotopic (exact) mass is 376 g/mol. The van der Waals surface area contributed by atoms with E-state index < -0.39 is 0 Å². The van der Waals surface area contributed by atoms with Crippen molar-refractivity contribution in [2.24, 2.45) is 0 Å². The van der Waals surface area contributed by atoms with Gasteiger partial charge in [-0.15, -0.1) is 0 Å². The third kappa shape index (κ3) is 2.43. The summed E-state index contributed by atoms with van der Waals surface area (Å²) >= 11 is 2.00. The topological polar surface area (TPSA) is 25.8 Å². The molecule has 0 aliphatic carbocycles. The number of nitrogens with zero attached hydrogens (tertiary/aromatic N) is 2. The Morgan fingerprint density at radius 1 is 0.850 bits per heavy atom. The first-order valence-corrected chi connectivity index (χ1v) is 7.14. The van der Waals surface area contributed by atoms with Crippen LogP contribution in [0, 0.1) is 9.39 Å². The molecule has 0 N–H and O–H groups in total. The van der Waals surface area contributed by atoms with E-state index in [2.05, 4.69) is 9.97 Å². The van der Waals surface area contributed by atoms with Gasteiger partial charge in [0.2, 0.25) is 0 Å². The quantitative estimate of drug-likeness (QED) is 0.613. The molecule has 0 radical (unpaired) electrons. The van der Waals surface area contributed by atoms with Gasteiger partial charge < -0.3 is 0 Å². The second-order valence-electron chi connectivity index (χ2n) is 4.27. The van der Waals surface area contributed by atoms with Gasteiger partial charge in [0.15, 0.2) is 0 Å². The fourth-order valence-electron chi connectivity index (χ4n) is 2.11. The zero-order valence-electron chi connectivity index (χ0n) is 10.4. The molecule has 0 fully saturated rings. The second kappa shape index (κ2) is 5.66. The molecule has 0 atom stereocenters. The van der Waals surface area contributed by atoms with Crippen molar-refractivity contribution >= 4 is 22.6 Å². The highest BCUT2D eigenvalue weighted by molar-refractivity contribution is 14.1. The maximum Gasteiger partial charge on any atom is 0.145 e. The van der Waals surface area contributed by atoms with E-state index in [9.17, 15) is 4.39 Å². The van der Waals surface area contributed by atoms with Gasteiger partial charge in [-0.3, -0.25) is 9.97 Å². The van der Waals surface area contributed by atoms with Gasteiger partial charge in [0.25, 0.3) is 0 Å². The highest BCUT2D eigenvalue weighted by Crippen LogP contribution is 2.35. The predicted octanol–water partition coefficient (Wildman–Crippen LogP) is 4.55. The van der Waals surface area contributed by atoms with Crippen LogP contribution in [0.4, 0.5) is 4.39 Å². The molecule has 0 saturated heterocycles. The van der Waals surface area contributed by atoms with E-state index in [1.807, 2.05) is 52.9 Å². The Hall–Kier alpha value is -1.82. The van der Waals surface area contributed by atoms with Crippen molar-refractivity contribution in [3.8, 4) is 22.3 Å². The van der Waals surface area contributed by atoms with Crippen molar-refractivity contribution < 1.29 is 4.39 Å². The zero-order chi connectivity index (χ0) is 13.9. The summed E-state index contributed by atoms with van der Waals surface area (Å²) in [5, 5.41) is 0. The largest absolute Gasteiger partial charge is 0.264 e. The number of rotatable bonds is 2. The first-order chi connectivity index (χ1) is 9.77. The Kier molecular flexibility index (Phi) is 3.73. The molecular weight excluding hydrogens is 366 g/mol. The molecule has 2 aromatic heterocycles. The zero-order valence-corrected chi connectivity index (χ0v) is 12.6. The molecule has 0 bridgehead atoms. The molecule has 3 rings (SSSR count). The van der Waals surface area contributed by atoms with Crippen molar-refractivity contribution in [1.82, 2.24) is 9.97 Å². The van der Waals surface area contributed by atoms with Crippen LogP contribution in [0.3, 0.4) is 0 Å². The van der Waals surface area contributed by atoms with E-state index in [0.29, 0.717) is 9.13 Å². The van der Waals surface area contributed by atoms with Crippen LogP contribution in [-0.4, -0.2) is 9.97 Å². The van der Waals surface area contributed by atoms with Crippen molar-refractivity contribution in [2.45, 2.75) is 0 Å². The molecular formula is C16H10FIN2. The summed E-state index contributed by atoms with van der Waals surface area (Å²) in [5.41, 5.74) is 3.05. The van der Waals surface area contributed by atoms with Gasteiger partial charge in [0.1, 0.15) is 5.82 Å². The fourth-order valence-corrected chi connectivity index (χ4v) is 2.56. The summed E-state index contributed by atoms with van der Waals surface area (Å²) in [7, 11) is 0. The predicted molar refractivity (Wildman–Crippen MR) is 85.6 cm³/mol. The normalized spacial score (nSPS) is 10.5. The summed E-state index contributed by atoms with van der Waals surface area (Å²) in [6.07, 6.45) is 6.80. The van der Waals surface area contributed by atoms with Crippen molar-refractivity contribution in [3.63, 3.8) is 0 Å². The van der Waals surface area contributed by atoms with Gasteiger partial charge in [-0.2, -0.15) is 0 Å². The molecule has 0 amide bonds. The standard InChI is InChI=1S/C16H10FIN2/c17-16-14(18)6-5-13(11-3-1-7-19-9-11)15(16)12-4-2-8-20-10-12/h1-10H. The lowest BCUT2D eigenvalue weighted by Crippen LogP contribution is -1.94. The maximum absolute atomic E-state index is 14.6. The van der Waals surface area contributed by atoms with Crippen molar-refractivity contribution in [3.05, 3.63) is 70.6 Å². The molecule has 4 heteroatoms. The lowest BCUT2D eigenvalue weighted by atomic mass is 9.96. The Morgan fingerprint density at radius 3 is 2.10 bits per heavy atom. The van der Waals surface area contributed by atoms with Crippen LogP contribution in [0.2, 0.25) is 0 Å². The smallest absolute Gasteiger partial charge is 0.145 e. The number of aromatic nitrogens is 2. The van der Waals surface area contributed by atoms with Crippen LogP contribution < -0.4 is 0 Å². The van der Waals surface area contributed by atoms with Gasteiger partial charge in [-0.25, -0.2) is 4.39 Å². The Bertz CT molecular complexity index is 730. The van der Waals surface area contributed by atoms with E-state index in [0.717, 1.165) is 16.7 Å². The van der Waals surface area contributed by atoms with Gasteiger partial charge in [-0.1, -0.05) is 18.2 Å². The van der Waals surface area contributed by atoms with E-state index in [4.69, 9.17) is 0 Å². The second-order valence-corrected chi connectivity index (χ2v) is 5.43. The van der Waals surface area contributed by atoms with E-state index in [1.165, 1.54) is 0 Å². The lowest BCUT2D eigenvalue weighted by Gasteiger charge is -2.12. The number of pyridine rings is 2. The maximum atomic E-state index is 14.6. The minimum absolute atomic E-state index is 0.222. The van der Waals surface area contributed by atoms with Crippen LogP contribution in [-0.2, 0) is 0 Å². The van der Waals surface area contributed by atoms with Crippen LogP contribution in [0.1, 0.15) is 0 Å². The van der Waals surface area contributed by atoms with Crippen LogP contribution >= 0.6 is 22.6 Å². The van der Waals surface area contributed by atoms with Crippen molar-refractivity contribution in [1.29, 1.82) is 0 Å². The molecule has 2 nitrogen and oxygen atoms in total. The molecule has 0 saturated carbocycles. The van der Waals surface area contributed by atoms with Gasteiger partial charge in [-0.05, 0) is 46.4 Å². The minimum atomic E-state index is -0.222. The molecule has 20 heavy (non-hydrogen) atoms. The third-order valence-corrected chi connectivity index (χ3v) is 3.85. The molecule has 1 aromatic carbocycles. The van der Waals surface area contributed by atoms with Gasteiger partial charge >= 0.3 is 0 Å². The summed E-state index contributed by atoms with van der Waals surface area (Å²) in [6, 6.07) is 11.1. The molecule has 98 valence electrons. The molecule has 0 aliphatic rings. The van der Waals surface area contributed by atoms with E-state index in [1.54, 1.807) is 30.9 Å². The van der Waals surface area contributed by atoms with Crippen molar-refractivity contribution in [2.75, 3.05) is 0 Å². The SMILES string of the molecule is Fc1c(I)ccc(-c2cccnc2)c1-c1cccnc1. The molecule has 2 heterocycles. The van der Waals surface area contributed by atoms with Crippen LogP contribution in [0.25, 0.3) is 22.3 Å². The lowest BCUT2D eigenvalue weighted by molar-refractivity contribution is 0.624. The van der Waals surface area contributed by atoms with Crippen LogP contribution in [0.5, 0.6) is 0 Å². The Balaban J connectivity index is 2.29. The Labute approximate surface area is 129 Å². The van der Waals surface area contributed by atoms with Crippen LogP contribution in [0.15, 0.2) is 61.2 Å². The van der Waals surface area contributed by atoms with E-state index >= 15 is 0 Å². The number of hydrogen-bond donors (Lipinski definition) is 0. The molecule has 3 aromatic rings. The molecule has 0 unspecified atom stereocenters. The fraction of sp³-hybridized carbons (Fsp3) is 0. The van der Waals surface area contributed by atoms with E-state index in [-0.39, 0.29) is 5.82 Å². The molecule has 0 aliphatic heterocycles. The highest BCUT2D eigenvalue weighted by atomic mass is 127. The Morgan fingerprint density at radius 2 is 1.50 bits per heavy atom. The summed E-state index contributed by atoms with van der Waals surface area (Å²) in [5.74, 6) is -0.222. The van der Waals surface area contributed by atoms with Gasteiger partial charge in [0.05, 0.1) is 0 Å². The van der Waals surface area contributed by atoms with Gasteiger partial charge in [0, 0.05) is 45.0 Å². The number of halogens is 2. The molecule has 0 spiro atoms. The summed E-state index contributed by atoms with van der Waals surface area (Å²) in [4.78, 5) is 8.19. The first kappa shape index (κ1) is 13.2. The average molecular weight is 376 g/mol. The first-order valence-electron chi connectivity index (χ1n) is 6.06.